The maximum absolute atomic E-state index is 12.9. The molecule has 0 atom stereocenters. The zero-order valence-corrected chi connectivity index (χ0v) is 16.8. The topological polar surface area (TPSA) is 74.5 Å². The number of halogens is 3. The summed E-state index contributed by atoms with van der Waals surface area (Å²) in [5, 5.41) is 8.46. The highest BCUT2D eigenvalue weighted by atomic mass is 19.4. The minimum absolute atomic E-state index is 0.181. The van der Waals surface area contributed by atoms with E-state index in [9.17, 15) is 13.2 Å². The van der Waals surface area contributed by atoms with Crippen molar-refractivity contribution in [3.05, 3.63) is 54.0 Å². The van der Waals surface area contributed by atoms with Crippen molar-refractivity contribution >= 4 is 5.95 Å². The SMILES string of the molecule is COCc1nnc(N2CC(Oc3cccc(C(F)(F)F)c3)C2)n1-c1ccc(OC)nc1. The van der Waals surface area contributed by atoms with E-state index in [2.05, 4.69) is 15.2 Å². The lowest BCUT2D eigenvalue weighted by atomic mass is 10.1. The van der Waals surface area contributed by atoms with Gasteiger partial charge in [-0.3, -0.25) is 4.57 Å². The first-order chi connectivity index (χ1) is 14.9. The van der Waals surface area contributed by atoms with Crippen molar-refractivity contribution in [3.8, 4) is 17.3 Å². The number of alkyl halides is 3. The van der Waals surface area contributed by atoms with Crippen LogP contribution in [0.15, 0.2) is 42.6 Å². The quantitative estimate of drug-likeness (QED) is 0.565. The number of nitrogens with zero attached hydrogens (tertiary/aromatic N) is 5. The molecule has 0 aliphatic carbocycles. The number of methoxy groups -OCH3 is 2. The van der Waals surface area contributed by atoms with E-state index in [-0.39, 0.29) is 18.5 Å². The van der Waals surface area contributed by atoms with Crippen LogP contribution in [0.25, 0.3) is 5.69 Å². The van der Waals surface area contributed by atoms with E-state index in [1.165, 1.54) is 19.2 Å². The first-order valence-corrected chi connectivity index (χ1v) is 9.41. The number of hydrogen-bond donors (Lipinski definition) is 0. The van der Waals surface area contributed by atoms with Gasteiger partial charge in [0, 0.05) is 13.2 Å². The predicted molar refractivity (Wildman–Crippen MR) is 104 cm³/mol. The van der Waals surface area contributed by atoms with Crippen molar-refractivity contribution in [1.29, 1.82) is 0 Å². The molecular weight excluding hydrogens is 415 g/mol. The number of rotatable bonds is 7. The Balaban J connectivity index is 1.49. The molecule has 0 N–H and O–H groups in total. The molecule has 1 fully saturated rings. The Morgan fingerprint density at radius 3 is 2.55 bits per heavy atom. The molecule has 1 saturated heterocycles. The molecule has 164 valence electrons. The first-order valence-electron chi connectivity index (χ1n) is 9.41. The first kappa shape index (κ1) is 20.9. The third-order valence-corrected chi connectivity index (χ3v) is 4.77. The number of pyridine rings is 1. The van der Waals surface area contributed by atoms with Crippen LogP contribution in [-0.4, -0.2) is 53.2 Å². The van der Waals surface area contributed by atoms with Crippen LogP contribution in [0.2, 0.25) is 0 Å². The summed E-state index contributed by atoms with van der Waals surface area (Å²) in [6.07, 6.45) is -3.04. The smallest absolute Gasteiger partial charge is 0.416 e. The van der Waals surface area contributed by atoms with Crippen molar-refractivity contribution in [2.45, 2.75) is 18.9 Å². The molecule has 0 unspecified atom stereocenters. The maximum Gasteiger partial charge on any atom is 0.416 e. The maximum atomic E-state index is 12.9. The molecule has 4 rings (SSSR count). The molecule has 0 spiro atoms. The van der Waals surface area contributed by atoms with E-state index in [1.807, 2.05) is 15.5 Å². The lowest BCUT2D eigenvalue weighted by Gasteiger charge is -2.39. The van der Waals surface area contributed by atoms with Gasteiger partial charge in [-0.05, 0) is 24.3 Å². The van der Waals surface area contributed by atoms with E-state index in [0.29, 0.717) is 30.7 Å². The Hall–Kier alpha value is -3.34. The fraction of sp³-hybridized carbons (Fsp3) is 0.350. The molecule has 8 nitrogen and oxygen atoms in total. The number of benzene rings is 1. The monoisotopic (exact) mass is 435 g/mol. The van der Waals surface area contributed by atoms with Gasteiger partial charge in [0.15, 0.2) is 5.82 Å². The Kier molecular flexibility index (Phi) is 5.68. The standard InChI is InChI=1S/C20H20F3N5O3/c1-29-12-17-25-26-19(28(17)14-6-7-18(30-2)24-9-14)27-10-16(11-27)31-15-5-3-4-13(8-15)20(21,22)23/h3-9,16H,10-12H2,1-2H3. The normalized spacial score (nSPS) is 14.4. The minimum atomic E-state index is -4.41. The summed E-state index contributed by atoms with van der Waals surface area (Å²) in [4.78, 5) is 6.15. The summed E-state index contributed by atoms with van der Waals surface area (Å²) in [6, 6.07) is 8.42. The van der Waals surface area contributed by atoms with Crippen LogP contribution >= 0.6 is 0 Å². The molecular formula is C20H20F3N5O3. The van der Waals surface area contributed by atoms with Crippen molar-refractivity contribution in [2.24, 2.45) is 0 Å². The second-order valence-electron chi connectivity index (χ2n) is 6.91. The molecule has 1 aromatic carbocycles. The van der Waals surface area contributed by atoms with Gasteiger partial charge in [-0.2, -0.15) is 13.2 Å². The average molecular weight is 435 g/mol. The highest BCUT2D eigenvalue weighted by Gasteiger charge is 2.34. The zero-order chi connectivity index (χ0) is 22.0. The molecule has 3 aromatic rings. The van der Waals surface area contributed by atoms with Crippen molar-refractivity contribution in [3.63, 3.8) is 0 Å². The highest BCUT2D eigenvalue weighted by Crippen LogP contribution is 2.32. The van der Waals surface area contributed by atoms with Gasteiger partial charge in [0.05, 0.1) is 37.6 Å². The number of aromatic nitrogens is 4. The van der Waals surface area contributed by atoms with E-state index in [4.69, 9.17) is 14.2 Å². The lowest BCUT2D eigenvalue weighted by Crippen LogP contribution is -2.54. The Bertz CT molecular complexity index is 1030. The van der Waals surface area contributed by atoms with Crippen LogP contribution in [0.5, 0.6) is 11.6 Å². The molecule has 31 heavy (non-hydrogen) atoms. The van der Waals surface area contributed by atoms with Crippen LogP contribution in [-0.2, 0) is 17.5 Å². The number of anilines is 1. The van der Waals surface area contributed by atoms with Crippen LogP contribution in [0.1, 0.15) is 11.4 Å². The third-order valence-electron chi connectivity index (χ3n) is 4.77. The minimum Gasteiger partial charge on any atom is -0.487 e. The summed E-state index contributed by atoms with van der Waals surface area (Å²) < 4.78 is 56.5. The largest absolute Gasteiger partial charge is 0.487 e. The summed E-state index contributed by atoms with van der Waals surface area (Å²) in [6.45, 7) is 1.15. The fourth-order valence-electron chi connectivity index (χ4n) is 3.24. The van der Waals surface area contributed by atoms with Gasteiger partial charge in [0.2, 0.25) is 11.8 Å². The Labute approximate surface area is 176 Å². The van der Waals surface area contributed by atoms with Gasteiger partial charge < -0.3 is 19.1 Å². The highest BCUT2D eigenvalue weighted by molar-refractivity contribution is 5.46. The van der Waals surface area contributed by atoms with Crippen LogP contribution in [0.3, 0.4) is 0 Å². The molecule has 0 saturated carbocycles. The second-order valence-corrected chi connectivity index (χ2v) is 6.91. The van der Waals surface area contributed by atoms with Gasteiger partial charge in [-0.25, -0.2) is 4.98 Å². The average Bonchev–Trinajstić information content (AvgIpc) is 3.13. The van der Waals surface area contributed by atoms with Gasteiger partial charge in [-0.15, -0.1) is 10.2 Å². The molecule has 0 radical (unpaired) electrons. The Morgan fingerprint density at radius 2 is 1.90 bits per heavy atom. The molecule has 0 amide bonds. The number of ether oxygens (including phenoxy) is 3. The van der Waals surface area contributed by atoms with Gasteiger partial charge in [0.1, 0.15) is 18.5 Å². The summed E-state index contributed by atoms with van der Waals surface area (Å²) in [5.74, 6) is 1.82. The van der Waals surface area contributed by atoms with E-state index >= 15 is 0 Å². The number of hydrogen-bond acceptors (Lipinski definition) is 7. The molecule has 3 heterocycles. The van der Waals surface area contributed by atoms with Crippen molar-refractivity contribution in [2.75, 3.05) is 32.2 Å². The van der Waals surface area contributed by atoms with Gasteiger partial charge in [-0.1, -0.05) is 6.07 Å². The molecule has 1 aliphatic heterocycles. The molecule has 1 aliphatic rings. The van der Waals surface area contributed by atoms with Gasteiger partial charge in [0.25, 0.3) is 0 Å². The summed E-state index contributed by atoms with van der Waals surface area (Å²) >= 11 is 0. The van der Waals surface area contributed by atoms with Crippen molar-refractivity contribution in [1.82, 2.24) is 19.7 Å². The molecule has 11 heteroatoms. The lowest BCUT2D eigenvalue weighted by molar-refractivity contribution is -0.137. The van der Waals surface area contributed by atoms with E-state index in [1.54, 1.807) is 19.4 Å². The van der Waals surface area contributed by atoms with E-state index < -0.39 is 11.7 Å². The third kappa shape index (κ3) is 4.41. The predicted octanol–water partition coefficient (Wildman–Crippen LogP) is 3.10. The fourth-order valence-corrected chi connectivity index (χ4v) is 3.24. The summed E-state index contributed by atoms with van der Waals surface area (Å²) in [7, 11) is 3.10. The van der Waals surface area contributed by atoms with Crippen LogP contribution < -0.4 is 14.4 Å². The van der Waals surface area contributed by atoms with Crippen molar-refractivity contribution < 1.29 is 27.4 Å². The Morgan fingerprint density at radius 1 is 1.10 bits per heavy atom. The second kappa shape index (κ2) is 8.42. The molecule has 2 aromatic heterocycles. The van der Waals surface area contributed by atoms with Crippen LogP contribution in [0, 0.1) is 0 Å². The summed E-state index contributed by atoms with van der Waals surface area (Å²) in [5.41, 5.74) is -0.00719. The van der Waals surface area contributed by atoms with E-state index in [0.717, 1.165) is 17.8 Å². The molecule has 0 bridgehead atoms. The van der Waals surface area contributed by atoms with Gasteiger partial charge >= 0.3 is 6.18 Å². The van der Waals surface area contributed by atoms with Crippen LogP contribution in [0.4, 0.5) is 19.1 Å². The zero-order valence-electron chi connectivity index (χ0n) is 16.8.